The Kier molecular flexibility index (Phi) is 7.15. The van der Waals surface area contributed by atoms with Crippen LogP contribution in [0.3, 0.4) is 0 Å². The van der Waals surface area contributed by atoms with Gasteiger partial charge in [-0.05, 0) is 18.4 Å². The third kappa shape index (κ3) is 5.85. The van der Waals surface area contributed by atoms with Crippen molar-refractivity contribution in [3.63, 3.8) is 0 Å². The van der Waals surface area contributed by atoms with Crippen molar-refractivity contribution < 1.29 is 14.6 Å². The Morgan fingerprint density at radius 2 is 2.05 bits per heavy atom. The van der Waals surface area contributed by atoms with Crippen molar-refractivity contribution in [2.45, 2.75) is 25.9 Å². The van der Waals surface area contributed by atoms with Gasteiger partial charge < -0.3 is 15.2 Å². The van der Waals surface area contributed by atoms with Crippen LogP contribution in [0.4, 0.5) is 0 Å². The van der Waals surface area contributed by atoms with E-state index in [4.69, 9.17) is 4.74 Å². The zero-order valence-electron chi connectivity index (χ0n) is 11.6. The van der Waals surface area contributed by atoms with Gasteiger partial charge in [0.25, 0.3) is 0 Å². The van der Waals surface area contributed by atoms with Gasteiger partial charge in [-0.1, -0.05) is 37.3 Å². The summed E-state index contributed by atoms with van der Waals surface area (Å²) in [5.74, 6) is -0.0794. The number of benzene rings is 1. The SMILES string of the molecule is COCCCC(C)C(=O)NCC(O)c1ccccc1. The second kappa shape index (κ2) is 8.67. The molecule has 1 aromatic rings. The highest BCUT2D eigenvalue weighted by Crippen LogP contribution is 2.11. The average molecular weight is 265 g/mol. The minimum Gasteiger partial charge on any atom is -0.387 e. The van der Waals surface area contributed by atoms with E-state index in [9.17, 15) is 9.90 Å². The third-order valence-corrected chi connectivity index (χ3v) is 3.09. The molecule has 0 saturated carbocycles. The van der Waals surface area contributed by atoms with Gasteiger partial charge in [-0.2, -0.15) is 0 Å². The summed E-state index contributed by atoms with van der Waals surface area (Å²) in [6.07, 6.45) is 1.00. The van der Waals surface area contributed by atoms with Crippen LogP contribution in [0.15, 0.2) is 30.3 Å². The van der Waals surface area contributed by atoms with Crippen LogP contribution in [0.2, 0.25) is 0 Å². The molecule has 0 aliphatic heterocycles. The van der Waals surface area contributed by atoms with Crippen LogP contribution in [0.25, 0.3) is 0 Å². The molecule has 1 aromatic carbocycles. The molecule has 2 N–H and O–H groups in total. The molecule has 0 spiro atoms. The van der Waals surface area contributed by atoms with Crippen LogP contribution >= 0.6 is 0 Å². The van der Waals surface area contributed by atoms with E-state index in [-0.39, 0.29) is 18.4 Å². The molecule has 0 heterocycles. The molecule has 0 saturated heterocycles. The summed E-state index contributed by atoms with van der Waals surface area (Å²) >= 11 is 0. The first-order valence-corrected chi connectivity index (χ1v) is 6.64. The molecular weight excluding hydrogens is 242 g/mol. The maximum absolute atomic E-state index is 11.8. The van der Waals surface area contributed by atoms with Crippen molar-refractivity contribution in [1.82, 2.24) is 5.32 Å². The van der Waals surface area contributed by atoms with Crippen LogP contribution in [-0.4, -0.2) is 31.3 Å². The summed E-state index contributed by atoms with van der Waals surface area (Å²) in [6.45, 7) is 2.81. The van der Waals surface area contributed by atoms with Crippen molar-refractivity contribution in [3.8, 4) is 0 Å². The molecule has 1 rings (SSSR count). The van der Waals surface area contributed by atoms with Crippen LogP contribution in [0.5, 0.6) is 0 Å². The van der Waals surface area contributed by atoms with Crippen molar-refractivity contribution in [2.24, 2.45) is 5.92 Å². The second-order valence-electron chi connectivity index (χ2n) is 4.71. The Labute approximate surface area is 114 Å². The number of hydrogen-bond acceptors (Lipinski definition) is 3. The molecule has 0 aromatic heterocycles. The predicted octanol–water partition coefficient (Wildman–Crippen LogP) is 1.90. The fourth-order valence-corrected chi connectivity index (χ4v) is 1.83. The maximum Gasteiger partial charge on any atom is 0.222 e. The van der Waals surface area contributed by atoms with E-state index in [0.717, 1.165) is 18.4 Å². The van der Waals surface area contributed by atoms with Gasteiger partial charge in [-0.3, -0.25) is 4.79 Å². The smallest absolute Gasteiger partial charge is 0.222 e. The maximum atomic E-state index is 11.8. The Hall–Kier alpha value is -1.39. The van der Waals surface area contributed by atoms with Crippen LogP contribution in [-0.2, 0) is 9.53 Å². The minimum absolute atomic E-state index is 0.0221. The van der Waals surface area contributed by atoms with Crippen molar-refractivity contribution in [3.05, 3.63) is 35.9 Å². The summed E-state index contributed by atoms with van der Waals surface area (Å²) in [5.41, 5.74) is 0.815. The van der Waals surface area contributed by atoms with E-state index < -0.39 is 6.10 Å². The number of methoxy groups -OCH3 is 1. The highest BCUT2D eigenvalue weighted by molar-refractivity contribution is 5.78. The number of nitrogens with one attached hydrogen (secondary N) is 1. The van der Waals surface area contributed by atoms with E-state index in [2.05, 4.69) is 5.32 Å². The Bertz CT molecular complexity index is 367. The predicted molar refractivity (Wildman–Crippen MR) is 74.7 cm³/mol. The highest BCUT2D eigenvalue weighted by atomic mass is 16.5. The fraction of sp³-hybridized carbons (Fsp3) is 0.533. The molecule has 2 atom stereocenters. The lowest BCUT2D eigenvalue weighted by Crippen LogP contribution is -2.32. The lowest BCUT2D eigenvalue weighted by Gasteiger charge is -2.15. The van der Waals surface area contributed by atoms with E-state index in [1.54, 1.807) is 7.11 Å². The van der Waals surface area contributed by atoms with Crippen molar-refractivity contribution in [2.75, 3.05) is 20.3 Å². The van der Waals surface area contributed by atoms with Gasteiger partial charge in [0.2, 0.25) is 5.91 Å². The zero-order valence-corrected chi connectivity index (χ0v) is 11.6. The van der Waals surface area contributed by atoms with Gasteiger partial charge in [0, 0.05) is 26.2 Å². The lowest BCUT2D eigenvalue weighted by atomic mass is 10.0. The molecule has 0 bridgehead atoms. The van der Waals surface area contributed by atoms with Crippen LogP contribution < -0.4 is 5.32 Å². The van der Waals surface area contributed by atoms with Crippen molar-refractivity contribution in [1.29, 1.82) is 0 Å². The van der Waals surface area contributed by atoms with Gasteiger partial charge in [0.1, 0.15) is 0 Å². The standard InChI is InChI=1S/C15H23NO3/c1-12(7-6-10-19-2)15(18)16-11-14(17)13-8-4-3-5-9-13/h3-5,8-9,12,14,17H,6-7,10-11H2,1-2H3,(H,16,18). The number of carbonyl (C=O) groups excluding carboxylic acids is 1. The molecule has 106 valence electrons. The third-order valence-electron chi connectivity index (χ3n) is 3.09. The molecule has 0 aliphatic rings. The van der Waals surface area contributed by atoms with E-state index in [0.29, 0.717) is 6.61 Å². The monoisotopic (exact) mass is 265 g/mol. The zero-order chi connectivity index (χ0) is 14.1. The molecule has 4 nitrogen and oxygen atoms in total. The van der Waals surface area contributed by atoms with Gasteiger partial charge in [0.15, 0.2) is 0 Å². The quantitative estimate of drug-likeness (QED) is 0.706. The lowest BCUT2D eigenvalue weighted by molar-refractivity contribution is -0.125. The first-order valence-electron chi connectivity index (χ1n) is 6.64. The van der Waals surface area contributed by atoms with Crippen molar-refractivity contribution >= 4 is 5.91 Å². The molecule has 0 radical (unpaired) electrons. The first-order chi connectivity index (χ1) is 9.15. The molecule has 0 aliphatic carbocycles. The Balaban J connectivity index is 2.29. The molecule has 0 fully saturated rings. The van der Waals surface area contributed by atoms with Gasteiger partial charge in [-0.15, -0.1) is 0 Å². The number of hydrogen-bond donors (Lipinski definition) is 2. The molecule has 2 unspecified atom stereocenters. The highest BCUT2D eigenvalue weighted by Gasteiger charge is 2.14. The number of ether oxygens (including phenoxy) is 1. The largest absolute Gasteiger partial charge is 0.387 e. The van der Waals surface area contributed by atoms with Crippen LogP contribution in [0, 0.1) is 5.92 Å². The number of amides is 1. The topological polar surface area (TPSA) is 58.6 Å². The number of aliphatic hydroxyl groups is 1. The Morgan fingerprint density at radius 1 is 1.37 bits per heavy atom. The van der Waals surface area contributed by atoms with Gasteiger partial charge >= 0.3 is 0 Å². The summed E-state index contributed by atoms with van der Waals surface area (Å²) < 4.78 is 4.96. The summed E-state index contributed by atoms with van der Waals surface area (Å²) in [7, 11) is 1.65. The summed E-state index contributed by atoms with van der Waals surface area (Å²) in [4.78, 5) is 11.8. The van der Waals surface area contributed by atoms with Gasteiger partial charge in [0.05, 0.1) is 6.10 Å². The minimum atomic E-state index is -0.656. The van der Waals surface area contributed by atoms with E-state index in [1.807, 2.05) is 37.3 Å². The van der Waals surface area contributed by atoms with Gasteiger partial charge in [-0.25, -0.2) is 0 Å². The first kappa shape index (κ1) is 15.7. The van der Waals surface area contributed by atoms with E-state index >= 15 is 0 Å². The molecular formula is C15H23NO3. The summed E-state index contributed by atoms with van der Waals surface area (Å²) in [6, 6.07) is 9.33. The molecule has 1 amide bonds. The summed E-state index contributed by atoms with van der Waals surface area (Å²) in [5, 5.41) is 12.7. The normalized spacial score (nSPS) is 13.8. The second-order valence-corrected chi connectivity index (χ2v) is 4.71. The molecule has 4 heteroatoms. The number of rotatable bonds is 8. The van der Waals surface area contributed by atoms with Crippen LogP contribution in [0.1, 0.15) is 31.4 Å². The molecule has 19 heavy (non-hydrogen) atoms. The van der Waals surface area contributed by atoms with E-state index in [1.165, 1.54) is 0 Å². The average Bonchev–Trinajstić information content (AvgIpc) is 2.45. The Morgan fingerprint density at radius 3 is 2.68 bits per heavy atom. The number of aliphatic hydroxyl groups excluding tert-OH is 1. The number of carbonyl (C=O) groups is 1. The fourth-order valence-electron chi connectivity index (χ4n) is 1.83.